The van der Waals surface area contributed by atoms with Crippen LogP contribution in [0.5, 0.6) is 0 Å². The summed E-state index contributed by atoms with van der Waals surface area (Å²) >= 11 is 5.62. The van der Waals surface area contributed by atoms with Gasteiger partial charge in [0.05, 0.1) is 11.9 Å². The third-order valence-corrected chi connectivity index (χ3v) is 2.79. The summed E-state index contributed by atoms with van der Waals surface area (Å²) in [6, 6.07) is 12.4. The van der Waals surface area contributed by atoms with Gasteiger partial charge in [0.1, 0.15) is 0 Å². The lowest BCUT2D eigenvalue weighted by Crippen LogP contribution is -2.14. The van der Waals surface area contributed by atoms with E-state index in [0.717, 1.165) is 5.69 Å². The Bertz CT molecular complexity index is 756. The number of para-hydroxylation sites is 1. The van der Waals surface area contributed by atoms with Gasteiger partial charge in [-0.25, -0.2) is 0 Å². The van der Waals surface area contributed by atoms with E-state index in [1.165, 1.54) is 17.1 Å². The maximum atomic E-state index is 12.0. The average molecular weight is 301 g/mol. The van der Waals surface area contributed by atoms with Gasteiger partial charge in [-0.2, -0.15) is 9.90 Å². The van der Waals surface area contributed by atoms with Crippen LogP contribution in [0.3, 0.4) is 0 Å². The van der Waals surface area contributed by atoms with Gasteiger partial charge >= 0.3 is 0 Å². The summed E-state index contributed by atoms with van der Waals surface area (Å²) < 4.78 is 0. The number of rotatable bonds is 3. The quantitative estimate of drug-likeness (QED) is 0.799. The number of hydrogen-bond acceptors (Lipinski definition) is 5. The van der Waals surface area contributed by atoms with Crippen molar-refractivity contribution in [3.05, 3.63) is 59.5 Å². The van der Waals surface area contributed by atoms with E-state index in [2.05, 4.69) is 25.7 Å². The van der Waals surface area contributed by atoms with Crippen molar-refractivity contribution >= 4 is 23.3 Å². The molecule has 3 rings (SSSR count). The zero-order chi connectivity index (χ0) is 14.7. The number of halogens is 1. The summed E-state index contributed by atoms with van der Waals surface area (Å²) in [5, 5.41) is 18.4. The minimum absolute atomic E-state index is 0.176. The molecule has 1 N–H and O–H groups in total. The third kappa shape index (κ3) is 3.03. The molecule has 0 bridgehead atoms. The van der Waals surface area contributed by atoms with E-state index in [1.54, 1.807) is 6.07 Å². The Labute approximate surface area is 124 Å². The smallest absolute Gasteiger partial charge is 0.279 e. The van der Waals surface area contributed by atoms with Crippen molar-refractivity contribution in [2.75, 3.05) is 5.32 Å². The molecule has 8 heteroatoms. The van der Waals surface area contributed by atoms with Crippen LogP contribution in [-0.2, 0) is 0 Å². The highest BCUT2D eigenvalue weighted by Crippen LogP contribution is 2.08. The molecular formula is C13H9ClN6O. The summed E-state index contributed by atoms with van der Waals surface area (Å²) in [7, 11) is 0. The van der Waals surface area contributed by atoms with E-state index in [1.807, 2.05) is 30.3 Å². The van der Waals surface area contributed by atoms with Crippen molar-refractivity contribution in [3.8, 4) is 5.69 Å². The lowest BCUT2D eigenvalue weighted by molar-refractivity contribution is 0.102. The number of hydrogen-bond donors (Lipinski definition) is 1. The molecular weight excluding hydrogens is 292 g/mol. The standard InChI is InChI=1S/C13H9ClN6O/c14-11-6-7-12(18-17-11)16-13(21)10-8-15-20(19-10)9-4-2-1-3-5-9/h1-8H,(H,16,18,21). The maximum Gasteiger partial charge on any atom is 0.279 e. The molecule has 0 atom stereocenters. The predicted molar refractivity (Wildman–Crippen MR) is 76.4 cm³/mol. The fourth-order valence-corrected chi connectivity index (χ4v) is 1.72. The molecule has 0 radical (unpaired) electrons. The van der Waals surface area contributed by atoms with Gasteiger partial charge in [-0.3, -0.25) is 4.79 Å². The molecule has 1 amide bonds. The number of amides is 1. The van der Waals surface area contributed by atoms with Gasteiger partial charge in [0, 0.05) is 0 Å². The molecule has 0 aliphatic heterocycles. The number of anilines is 1. The van der Waals surface area contributed by atoms with Gasteiger partial charge in [0.15, 0.2) is 16.7 Å². The third-order valence-electron chi connectivity index (χ3n) is 2.59. The van der Waals surface area contributed by atoms with E-state index in [0.29, 0.717) is 5.82 Å². The summed E-state index contributed by atoms with van der Waals surface area (Å²) in [4.78, 5) is 13.4. The van der Waals surface area contributed by atoms with Crippen molar-refractivity contribution < 1.29 is 4.79 Å². The first-order valence-electron chi connectivity index (χ1n) is 6.01. The highest BCUT2D eigenvalue weighted by molar-refractivity contribution is 6.29. The Balaban J connectivity index is 1.77. The van der Waals surface area contributed by atoms with Crippen LogP contribution >= 0.6 is 11.6 Å². The first kappa shape index (κ1) is 13.2. The average Bonchev–Trinajstić information content (AvgIpc) is 3.00. The lowest BCUT2D eigenvalue weighted by Gasteiger charge is -2.00. The molecule has 2 heterocycles. The number of carbonyl (C=O) groups excluding carboxylic acids is 1. The zero-order valence-corrected chi connectivity index (χ0v) is 11.4. The molecule has 21 heavy (non-hydrogen) atoms. The second-order valence-electron chi connectivity index (χ2n) is 4.05. The van der Waals surface area contributed by atoms with Crippen LogP contribution in [0.2, 0.25) is 5.15 Å². The second kappa shape index (κ2) is 5.68. The first-order chi connectivity index (χ1) is 10.2. The van der Waals surface area contributed by atoms with Crippen molar-refractivity contribution in [1.82, 2.24) is 25.2 Å². The fourth-order valence-electron chi connectivity index (χ4n) is 1.62. The van der Waals surface area contributed by atoms with Crippen LogP contribution in [0.4, 0.5) is 5.82 Å². The number of carbonyl (C=O) groups is 1. The van der Waals surface area contributed by atoms with Gasteiger partial charge in [0.2, 0.25) is 0 Å². The number of nitrogens with zero attached hydrogens (tertiary/aromatic N) is 5. The lowest BCUT2D eigenvalue weighted by atomic mass is 10.3. The van der Waals surface area contributed by atoms with Crippen LogP contribution in [0.1, 0.15) is 10.5 Å². The summed E-state index contributed by atoms with van der Waals surface area (Å²) in [6.07, 6.45) is 1.38. The molecule has 0 saturated heterocycles. The summed E-state index contributed by atoms with van der Waals surface area (Å²) in [5.41, 5.74) is 0.943. The Morgan fingerprint density at radius 3 is 2.62 bits per heavy atom. The minimum atomic E-state index is -0.422. The minimum Gasteiger partial charge on any atom is -0.304 e. The highest BCUT2D eigenvalue weighted by Gasteiger charge is 2.12. The van der Waals surface area contributed by atoms with Crippen LogP contribution < -0.4 is 5.32 Å². The van der Waals surface area contributed by atoms with E-state index in [4.69, 9.17) is 11.6 Å². The summed E-state index contributed by atoms with van der Waals surface area (Å²) in [5.74, 6) is -0.132. The molecule has 3 aromatic rings. The van der Waals surface area contributed by atoms with Crippen molar-refractivity contribution in [2.45, 2.75) is 0 Å². The second-order valence-corrected chi connectivity index (χ2v) is 4.44. The first-order valence-corrected chi connectivity index (χ1v) is 6.38. The van der Waals surface area contributed by atoms with E-state index in [9.17, 15) is 4.79 Å². The normalized spacial score (nSPS) is 10.3. The number of aromatic nitrogens is 5. The Kier molecular flexibility index (Phi) is 3.57. The molecule has 0 spiro atoms. The number of nitrogens with one attached hydrogen (secondary N) is 1. The molecule has 0 fully saturated rings. The van der Waals surface area contributed by atoms with E-state index < -0.39 is 5.91 Å². The molecule has 2 aromatic heterocycles. The van der Waals surface area contributed by atoms with Crippen LogP contribution in [0.25, 0.3) is 5.69 Å². The van der Waals surface area contributed by atoms with Crippen molar-refractivity contribution in [2.24, 2.45) is 0 Å². The Morgan fingerprint density at radius 2 is 1.90 bits per heavy atom. The topological polar surface area (TPSA) is 85.6 Å². The largest absolute Gasteiger partial charge is 0.304 e. The maximum absolute atomic E-state index is 12.0. The van der Waals surface area contributed by atoms with E-state index in [-0.39, 0.29) is 10.8 Å². The predicted octanol–water partition coefficient (Wildman–Crippen LogP) is 1.96. The Hall–Kier alpha value is -2.80. The van der Waals surface area contributed by atoms with Crippen LogP contribution in [-0.4, -0.2) is 31.1 Å². The van der Waals surface area contributed by atoms with Gasteiger partial charge in [-0.05, 0) is 24.3 Å². The van der Waals surface area contributed by atoms with Gasteiger partial charge < -0.3 is 5.32 Å². The molecule has 7 nitrogen and oxygen atoms in total. The molecule has 1 aromatic carbocycles. The SMILES string of the molecule is O=C(Nc1ccc(Cl)nn1)c1cnn(-c2ccccc2)n1. The van der Waals surface area contributed by atoms with Crippen molar-refractivity contribution in [1.29, 1.82) is 0 Å². The van der Waals surface area contributed by atoms with Crippen LogP contribution in [0, 0.1) is 0 Å². The van der Waals surface area contributed by atoms with Crippen molar-refractivity contribution in [3.63, 3.8) is 0 Å². The Morgan fingerprint density at radius 1 is 1.10 bits per heavy atom. The van der Waals surface area contributed by atoms with E-state index >= 15 is 0 Å². The molecule has 0 aliphatic rings. The fraction of sp³-hybridized carbons (Fsp3) is 0. The molecule has 0 saturated carbocycles. The molecule has 104 valence electrons. The molecule has 0 aliphatic carbocycles. The highest BCUT2D eigenvalue weighted by atomic mass is 35.5. The number of benzene rings is 1. The summed E-state index contributed by atoms with van der Waals surface area (Å²) in [6.45, 7) is 0. The van der Waals surface area contributed by atoms with Gasteiger partial charge in [-0.15, -0.1) is 15.3 Å². The van der Waals surface area contributed by atoms with Gasteiger partial charge in [0.25, 0.3) is 5.91 Å². The van der Waals surface area contributed by atoms with Gasteiger partial charge in [-0.1, -0.05) is 29.8 Å². The molecule has 0 unspecified atom stereocenters. The zero-order valence-electron chi connectivity index (χ0n) is 10.6. The van der Waals surface area contributed by atoms with Crippen LogP contribution in [0.15, 0.2) is 48.7 Å². The monoisotopic (exact) mass is 300 g/mol.